The molecule has 98 valence electrons. The van der Waals surface area contributed by atoms with Gasteiger partial charge in [0.1, 0.15) is 0 Å². The second-order valence-electron chi connectivity index (χ2n) is 6.00. The van der Waals surface area contributed by atoms with Crippen molar-refractivity contribution in [3.8, 4) is 0 Å². The Kier molecular flexibility index (Phi) is 3.99. The largest absolute Gasteiger partial charge is 0.312 e. The van der Waals surface area contributed by atoms with Gasteiger partial charge in [-0.2, -0.15) is 0 Å². The van der Waals surface area contributed by atoms with Crippen LogP contribution in [0.4, 0.5) is 0 Å². The van der Waals surface area contributed by atoms with E-state index in [2.05, 4.69) is 15.1 Å². The van der Waals surface area contributed by atoms with Crippen molar-refractivity contribution in [2.75, 3.05) is 39.3 Å². The van der Waals surface area contributed by atoms with Crippen LogP contribution in [-0.4, -0.2) is 61.2 Å². The third-order valence-electron chi connectivity index (χ3n) is 4.86. The average molecular weight is 237 g/mol. The molecule has 0 aromatic heterocycles. The summed E-state index contributed by atoms with van der Waals surface area (Å²) in [6.45, 7) is 7.93. The summed E-state index contributed by atoms with van der Waals surface area (Å²) < 4.78 is 0. The van der Waals surface area contributed by atoms with E-state index >= 15 is 0 Å². The topological polar surface area (TPSA) is 18.5 Å². The Balaban J connectivity index is 1.31. The molecule has 3 nitrogen and oxygen atoms in total. The van der Waals surface area contributed by atoms with Crippen LogP contribution in [0.2, 0.25) is 0 Å². The summed E-state index contributed by atoms with van der Waals surface area (Å²) in [4.78, 5) is 5.32. The highest BCUT2D eigenvalue weighted by Gasteiger charge is 2.36. The standard InChI is InChI=1S/C14H27N3/c1-2-9-16(8-1)10-4-7-15-13-6-12-17-11-3-5-14(13)17/h13-15H,1-12H2. The van der Waals surface area contributed by atoms with Crippen molar-refractivity contribution < 1.29 is 0 Å². The fourth-order valence-corrected chi connectivity index (χ4v) is 3.92. The van der Waals surface area contributed by atoms with Gasteiger partial charge in [0.25, 0.3) is 0 Å². The van der Waals surface area contributed by atoms with E-state index < -0.39 is 0 Å². The minimum atomic E-state index is 0.802. The molecule has 3 aliphatic heterocycles. The zero-order valence-corrected chi connectivity index (χ0v) is 11.0. The Labute approximate surface area is 106 Å². The minimum absolute atomic E-state index is 0.802. The summed E-state index contributed by atoms with van der Waals surface area (Å²) in [5, 5.41) is 3.81. The maximum Gasteiger partial charge on any atom is 0.0250 e. The molecule has 0 saturated carbocycles. The summed E-state index contributed by atoms with van der Waals surface area (Å²) in [6.07, 6.45) is 8.43. The van der Waals surface area contributed by atoms with Gasteiger partial charge in [-0.05, 0) is 71.2 Å². The third-order valence-corrected chi connectivity index (χ3v) is 4.86. The van der Waals surface area contributed by atoms with Crippen LogP contribution in [0.5, 0.6) is 0 Å². The summed E-state index contributed by atoms with van der Waals surface area (Å²) in [5.41, 5.74) is 0. The van der Waals surface area contributed by atoms with Crippen molar-refractivity contribution in [1.82, 2.24) is 15.1 Å². The molecule has 2 atom stereocenters. The van der Waals surface area contributed by atoms with E-state index in [0.29, 0.717) is 0 Å². The van der Waals surface area contributed by atoms with E-state index in [1.54, 1.807) is 0 Å². The first-order valence-electron chi connectivity index (χ1n) is 7.63. The Hall–Kier alpha value is -0.120. The quantitative estimate of drug-likeness (QED) is 0.727. The molecule has 0 aromatic carbocycles. The van der Waals surface area contributed by atoms with Gasteiger partial charge in [0.05, 0.1) is 0 Å². The lowest BCUT2D eigenvalue weighted by molar-refractivity contribution is 0.292. The van der Waals surface area contributed by atoms with E-state index in [9.17, 15) is 0 Å². The second kappa shape index (κ2) is 5.68. The molecule has 0 radical (unpaired) electrons. The Morgan fingerprint density at radius 1 is 0.941 bits per heavy atom. The first-order chi connectivity index (χ1) is 8.43. The Morgan fingerprint density at radius 2 is 1.82 bits per heavy atom. The molecule has 2 unspecified atom stereocenters. The molecule has 17 heavy (non-hydrogen) atoms. The van der Waals surface area contributed by atoms with Crippen molar-refractivity contribution in [2.45, 2.75) is 50.6 Å². The van der Waals surface area contributed by atoms with Crippen LogP contribution >= 0.6 is 0 Å². The molecule has 3 aliphatic rings. The van der Waals surface area contributed by atoms with Gasteiger partial charge >= 0.3 is 0 Å². The van der Waals surface area contributed by atoms with Gasteiger partial charge in [0.2, 0.25) is 0 Å². The molecule has 3 fully saturated rings. The molecule has 0 spiro atoms. The predicted molar refractivity (Wildman–Crippen MR) is 71.3 cm³/mol. The van der Waals surface area contributed by atoms with Crippen molar-refractivity contribution in [3.05, 3.63) is 0 Å². The summed E-state index contributed by atoms with van der Waals surface area (Å²) in [6, 6.07) is 1.68. The number of hydrogen-bond donors (Lipinski definition) is 1. The fourth-order valence-electron chi connectivity index (χ4n) is 3.92. The van der Waals surface area contributed by atoms with Crippen molar-refractivity contribution in [1.29, 1.82) is 0 Å². The first-order valence-corrected chi connectivity index (χ1v) is 7.63. The third kappa shape index (κ3) is 2.83. The van der Waals surface area contributed by atoms with Gasteiger partial charge in [-0.25, -0.2) is 0 Å². The van der Waals surface area contributed by atoms with E-state index in [1.165, 1.54) is 77.8 Å². The maximum atomic E-state index is 3.81. The van der Waals surface area contributed by atoms with E-state index in [4.69, 9.17) is 0 Å². The SMILES string of the molecule is C1CCN(CCCNC2CCN3CCCC23)C1. The van der Waals surface area contributed by atoms with Crippen molar-refractivity contribution in [2.24, 2.45) is 0 Å². The van der Waals surface area contributed by atoms with Crippen molar-refractivity contribution in [3.63, 3.8) is 0 Å². The highest BCUT2D eigenvalue weighted by atomic mass is 15.2. The molecule has 0 aromatic rings. The lowest BCUT2D eigenvalue weighted by Crippen LogP contribution is -2.40. The first kappa shape index (κ1) is 11.9. The predicted octanol–water partition coefficient (Wildman–Crippen LogP) is 1.30. The molecular weight excluding hydrogens is 210 g/mol. The van der Waals surface area contributed by atoms with Gasteiger partial charge in [0.15, 0.2) is 0 Å². The number of fused-ring (bicyclic) bond motifs is 1. The Morgan fingerprint density at radius 3 is 2.71 bits per heavy atom. The molecule has 3 saturated heterocycles. The van der Waals surface area contributed by atoms with Gasteiger partial charge in [-0.1, -0.05) is 0 Å². The van der Waals surface area contributed by atoms with Gasteiger partial charge in [-0.3, -0.25) is 4.90 Å². The van der Waals surface area contributed by atoms with Crippen molar-refractivity contribution >= 4 is 0 Å². The minimum Gasteiger partial charge on any atom is -0.312 e. The van der Waals surface area contributed by atoms with Crippen LogP contribution in [0.1, 0.15) is 38.5 Å². The zero-order chi connectivity index (χ0) is 11.5. The fraction of sp³-hybridized carbons (Fsp3) is 1.00. The zero-order valence-electron chi connectivity index (χ0n) is 11.0. The number of hydrogen-bond acceptors (Lipinski definition) is 3. The van der Waals surface area contributed by atoms with E-state index in [-0.39, 0.29) is 0 Å². The van der Waals surface area contributed by atoms with E-state index in [0.717, 1.165) is 12.1 Å². The Bertz CT molecular complexity index is 238. The number of likely N-dealkylation sites (tertiary alicyclic amines) is 1. The molecule has 3 heteroatoms. The van der Waals surface area contributed by atoms with Crippen LogP contribution in [0.15, 0.2) is 0 Å². The smallest absolute Gasteiger partial charge is 0.0250 e. The molecule has 3 rings (SSSR count). The average Bonchev–Trinajstić information content (AvgIpc) is 3.03. The van der Waals surface area contributed by atoms with Crippen LogP contribution in [-0.2, 0) is 0 Å². The lowest BCUT2D eigenvalue weighted by atomic mass is 10.1. The lowest BCUT2D eigenvalue weighted by Gasteiger charge is -2.22. The summed E-state index contributed by atoms with van der Waals surface area (Å²) >= 11 is 0. The van der Waals surface area contributed by atoms with E-state index in [1.807, 2.05) is 0 Å². The maximum absolute atomic E-state index is 3.81. The van der Waals surface area contributed by atoms with Gasteiger partial charge in [0, 0.05) is 18.6 Å². The molecule has 1 N–H and O–H groups in total. The second-order valence-corrected chi connectivity index (χ2v) is 6.00. The molecule has 0 bridgehead atoms. The molecule has 0 amide bonds. The number of rotatable bonds is 5. The van der Waals surface area contributed by atoms with Crippen LogP contribution in [0, 0.1) is 0 Å². The monoisotopic (exact) mass is 237 g/mol. The summed E-state index contributed by atoms with van der Waals surface area (Å²) in [7, 11) is 0. The van der Waals surface area contributed by atoms with Gasteiger partial charge in [-0.15, -0.1) is 0 Å². The normalized spacial score (nSPS) is 34.6. The number of nitrogens with one attached hydrogen (secondary N) is 1. The van der Waals surface area contributed by atoms with Crippen LogP contribution in [0.25, 0.3) is 0 Å². The van der Waals surface area contributed by atoms with Gasteiger partial charge < -0.3 is 10.2 Å². The molecular formula is C14H27N3. The number of nitrogens with zero attached hydrogens (tertiary/aromatic N) is 2. The summed E-state index contributed by atoms with van der Waals surface area (Å²) in [5.74, 6) is 0. The van der Waals surface area contributed by atoms with Crippen LogP contribution in [0.3, 0.4) is 0 Å². The molecule has 3 heterocycles. The molecule has 0 aliphatic carbocycles. The van der Waals surface area contributed by atoms with Crippen LogP contribution < -0.4 is 5.32 Å². The highest BCUT2D eigenvalue weighted by Crippen LogP contribution is 2.27. The highest BCUT2D eigenvalue weighted by molar-refractivity contribution is 4.95.